The first-order valence-corrected chi connectivity index (χ1v) is 6.21. The normalized spacial score (nSPS) is 11.7. The molecule has 3 nitrogen and oxygen atoms in total. The largest absolute Gasteiger partial charge is 0.359 e. The van der Waals surface area contributed by atoms with Gasteiger partial charge in [-0.25, -0.2) is 0 Å². The van der Waals surface area contributed by atoms with E-state index >= 15 is 0 Å². The third kappa shape index (κ3) is 4.72. The number of nitrogens with one attached hydrogen (secondary N) is 2. The van der Waals surface area contributed by atoms with Gasteiger partial charge in [-0.1, -0.05) is 42.5 Å². The van der Waals surface area contributed by atoms with Gasteiger partial charge < -0.3 is 10.6 Å². The predicted octanol–water partition coefficient (Wildman–Crippen LogP) is 2.06. The summed E-state index contributed by atoms with van der Waals surface area (Å²) in [6.07, 6.45) is 4.13. The van der Waals surface area contributed by atoms with E-state index in [-0.39, 0.29) is 11.3 Å². The molecule has 0 radical (unpaired) electrons. The smallest absolute Gasteiger partial charge is 0.226 e. The summed E-state index contributed by atoms with van der Waals surface area (Å²) in [5.74, 6) is 0.0574. The lowest BCUT2D eigenvalue weighted by molar-refractivity contribution is -0.128. The zero-order valence-electron chi connectivity index (χ0n) is 11.4. The van der Waals surface area contributed by atoms with Gasteiger partial charge in [-0.2, -0.15) is 0 Å². The van der Waals surface area contributed by atoms with Gasteiger partial charge in [0.2, 0.25) is 5.91 Å². The number of carbonyl (C=O) groups is 1. The molecule has 1 amide bonds. The van der Waals surface area contributed by atoms with Crippen LogP contribution in [0.5, 0.6) is 0 Å². The molecule has 1 aromatic rings. The lowest BCUT2D eigenvalue weighted by Gasteiger charge is -2.22. The quantitative estimate of drug-likeness (QED) is 0.754. The van der Waals surface area contributed by atoms with Crippen molar-refractivity contribution in [2.75, 3.05) is 20.1 Å². The summed E-state index contributed by atoms with van der Waals surface area (Å²) in [6, 6.07) is 10.2. The minimum Gasteiger partial charge on any atom is -0.359 e. The van der Waals surface area contributed by atoms with E-state index in [2.05, 4.69) is 34.9 Å². The number of rotatable bonds is 6. The maximum absolute atomic E-state index is 11.5. The molecule has 0 spiro atoms. The van der Waals surface area contributed by atoms with Crippen LogP contribution < -0.4 is 10.6 Å². The molecule has 0 bridgehead atoms. The number of hydrogen-bond donors (Lipinski definition) is 2. The third-order valence-corrected chi connectivity index (χ3v) is 2.78. The Labute approximate surface area is 109 Å². The molecule has 18 heavy (non-hydrogen) atoms. The van der Waals surface area contributed by atoms with Gasteiger partial charge >= 0.3 is 0 Å². The Balaban J connectivity index is 2.31. The van der Waals surface area contributed by atoms with E-state index in [1.807, 2.05) is 32.0 Å². The van der Waals surface area contributed by atoms with Crippen molar-refractivity contribution in [3.63, 3.8) is 0 Å². The highest BCUT2D eigenvalue weighted by atomic mass is 16.2. The SMILES string of the molecule is CNC(=O)C(C)(C)CNC/C=C/c1ccccc1. The van der Waals surface area contributed by atoms with E-state index in [1.165, 1.54) is 5.56 Å². The van der Waals surface area contributed by atoms with Crippen LogP contribution in [0.1, 0.15) is 19.4 Å². The van der Waals surface area contributed by atoms with Crippen LogP contribution >= 0.6 is 0 Å². The van der Waals surface area contributed by atoms with Crippen LogP contribution in [0.2, 0.25) is 0 Å². The van der Waals surface area contributed by atoms with Crippen molar-refractivity contribution in [3.05, 3.63) is 42.0 Å². The van der Waals surface area contributed by atoms with Gasteiger partial charge in [0.05, 0.1) is 5.41 Å². The molecular formula is C15H22N2O. The van der Waals surface area contributed by atoms with Crippen LogP contribution in [0.4, 0.5) is 0 Å². The maximum atomic E-state index is 11.5. The Morgan fingerprint density at radius 3 is 2.56 bits per heavy atom. The van der Waals surface area contributed by atoms with Gasteiger partial charge in [-0.3, -0.25) is 4.79 Å². The number of carbonyl (C=O) groups excluding carboxylic acids is 1. The Morgan fingerprint density at radius 1 is 1.28 bits per heavy atom. The van der Waals surface area contributed by atoms with Crippen molar-refractivity contribution in [3.8, 4) is 0 Å². The van der Waals surface area contributed by atoms with E-state index in [0.29, 0.717) is 6.54 Å². The summed E-state index contributed by atoms with van der Waals surface area (Å²) in [5, 5.41) is 5.94. The summed E-state index contributed by atoms with van der Waals surface area (Å²) in [7, 11) is 1.67. The molecule has 0 aliphatic heterocycles. The zero-order chi connectivity index (χ0) is 13.4. The Morgan fingerprint density at radius 2 is 1.94 bits per heavy atom. The van der Waals surface area contributed by atoms with Crippen LogP contribution in [-0.2, 0) is 4.79 Å². The average Bonchev–Trinajstić information content (AvgIpc) is 2.38. The highest BCUT2D eigenvalue weighted by Gasteiger charge is 2.25. The highest BCUT2D eigenvalue weighted by molar-refractivity contribution is 5.81. The van der Waals surface area contributed by atoms with Crippen LogP contribution in [0.3, 0.4) is 0 Å². The maximum Gasteiger partial charge on any atom is 0.226 e. The van der Waals surface area contributed by atoms with Gasteiger partial charge in [0, 0.05) is 20.1 Å². The molecule has 1 aromatic carbocycles. The summed E-state index contributed by atoms with van der Waals surface area (Å²) in [6.45, 7) is 5.28. The summed E-state index contributed by atoms with van der Waals surface area (Å²) >= 11 is 0. The molecule has 0 heterocycles. The van der Waals surface area contributed by atoms with Crippen molar-refractivity contribution < 1.29 is 4.79 Å². The van der Waals surface area contributed by atoms with Crippen molar-refractivity contribution in [1.82, 2.24) is 10.6 Å². The van der Waals surface area contributed by atoms with E-state index < -0.39 is 0 Å². The number of hydrogen-bond acceptors (Lipinski definition) is 2. The zero-order valence-corrected chi connectivity index (χ0v) is 11.4. The molecule has 1 rings (SSSR count). The molecule has 0 aliphatic rings. The Kier molecular flexibility index (Phi) is 5.59. The molecule has 0 saturated carbocycles. The summed E-state index contributed by atoms with van der Waals surface area (Å²) in [4.78, 5) is 11.5. The molecule has 98 valence electrons. The van der Waals surface area contributed by atoms with Crippen LogP contribution in [0.25, 0.3) is 6.08 Å². The first kappa shape index (κ1) is 14.5. The van der Waals surface area contributed by atoms with E-state index in [0.717, 1.165) is 6.54 Å². The molecule has 0 aromatic heterocycles. The molecule has 2 N–H and O–H groups in total. The first-order chi connectivity index (χ1) is 8.56. The van der Waals surface area contributed by atoms with Gasteiger partial charge in [0.25, 0.3) is 0 Å². The van der Waals surface area contributed by atoms with E-state index in [1.54, 1.807) is 7.05 Å². The minimum atomic E-state index is -0.380. The van der Waals surface area contributed by atoms with Gasteiger partial charge in [0.15, 0.2) is 0 Å². The van der Waals surface area contributed by atoms with Gasteiger partial charge in [0.1, 0.15) is 0 Å². The second kappa shape index (κ2) is 6.97. The second-order valence-electron chi connectivity index (χ2n) is 4.91. The molecular weight excluding hydrogens is 224 g/mol. The first-order valence-electron chi connectivity index (χ1n) is 6.21. The fourth-order valence-corrected chi connectivity index (χ4v) is 1.65. The molecule has 0 aliphatic carbocycles. The van der Waals surface area contributed by atoms with Crippen LogP contribution in [0, 0.1) is 5.41 Å². The molecule has 0 atom stereocenters. The van der Waals surface area contributed by atoms with E-state index in [9.17, 15) is 4.79 Å². The standard InChI is InChI=1S/C15H22N2O/c1-15(2,14(18)16-3)12-17-11-7-10-13-8-5-4-6-9-13/h4-10,17H,11-12H2,1-3H3,(H,16,18)/b10-7+. The highest BCUT2D eigenvalue weighted by Crippen LogP contribution is 2.12. The minimum absolute atomic E-state index is 0.0574. The summed E-state index contributed by atoms with van der Waals surface area (Å²) in [5.41, 5.74) is 0.805. The van der Waals surface area contributed by atoms with Crippen molar-refractivity contribution in [2.45, 2.75) is 13.8 Å². The fraction of sp³-hybridized carbons (Fsp3) is 0.400. The van der Waals surface area contributed by atoms with Gasteiger partial charge in [-0.05, 0) is 19.4 Å². The lowest BCUT2D eigenvalue weighted by atomic mass is 9.92. The van der Waals surface area contributed by atoms with Crippen molar-refractivity contribution in [1.29, 1.82) is 0 Å². The van der Waals surface area contributed by atoms with Crippen LogP contribution in [0.15, 0.2) is 36.4 Å². The summed E-state index contributed by atoms with van der Waals surface area (Å²) < 4.78 is 0. The molecule has 0 fully saturated rings. The molecule has 0 unspecified atom stereocenters. The Hall–Kier alpha value is -1.61. The lowest BCUT2D eigenvalue weighted by Crippen LogP contribution is -2.42. The van der Waals surface area contributed by atoms with E-state index in [4.69, 9.17) is 0 Å². The van der Waals surface area contributed by atoms with Crippen molar-refractivity contribution >= 4 is 12.0 Å². The number of benzene rings is 1. The average molecular weight is 246 g/mol. The molecule has 0 saturated heterocycles. The second-order valence-corrected chi connectivity index (χ2v) is 4.91. The predicted molar refractivity (Wildman–Crippen MR) is 76.2 cm³/mol. The topological polar surface area (TPSA) is 41.1 Å². The Bertz CT molecular complexity index is 396. The van der Waals surface area contributed by atoms with Gasteiger partial charge in [-0.15, -0.1) is 0 Å². The third-order valence-electron chi connectivity index (χ3n) is 2.78. The number of amides is 1. The molecule has 3 heteroatoms. The van der Waals surface area contributed by atoms with Crippen molar-refractivity contribution in [2.24, 2.45) is 5.41 Å². The fourth-order valence-electron chi connectivity index (χ4n) is 1.65. The van der Waals surface area contributed by atoms with Crippen LogP contribution in [-0.4, -0.2) is 26.0 Å². The monoisotopic (exact) mass is 246 g/mol.